The van der Waals surface area contributed by atoms with E-state index in [9.17, 15) is 14.4 Å². The van der Waals surface area contributed by atoms with Gasteiger partial charge in [0.15, 0.2) is 6.04 Å². The van der Waals surface area contributed by atoms with Gasteiger partial charge in [-0.2, -0.15) is 0 Å². The van der Waals surface area contributed by atoms with E-state index in [-0.39, 0.29) is 5.91 Å². The molecule has 3 heterocycles. The minimum Gasteiger partial charge on any atom is -0.497 e. The van der Waals surface area contributed by atoms with E-state index >= 15 is 0 Å². The number of amidine groups is 1. The van der Waals surface area contributed by atoms with Crippen LogP contribution in [0.4, 0.5) is 4.79 Å². The molecule has 0 saturated carbocycles. The van der Waals surface area contributed by atoms with Crippen molar-refractivity contribution in [2.75, 3.05) is 33.8 Å². The lowest BCUT2D eigenvalue weighted by Crippen LogP contribution is -2.53. The number of hydrogen-bond acceptors (Lipinski definition) is 6. The van der Waals surface area contributed by atoms with Crippen molar-refractivity contribution in [2.45, 2.75) is 32.0 Å². The van der Waals surface area contributed by atoms with Crippen LogP contribution in [-0.2, 0) is 11.3 Å². The van der Waals surface area contributed by atoms with Crippen molar-refractivity contribution >= 4 is 23.7 Å². The number of hydrogen-bond donors (Lipinski definition) is 4. The summed E-state index contributed by atoms with van der Waals surface area (Å²) in [5.74, 6) is 6.53. The van der Waals surface area contributed by atoms with E-state index < -0.39 is 18.0 Å². The Morgan fingerprint density at radius 1 is 1.16 bits per heavy atom. The summed E-state index contributed by atoms with van der Waals surface area (Å²) in [5.41, 5.74) is 3.42. The Labute approximate surface area is 222 Å². The topological polar surface area (TPSA) is 127 Å². The molecule has 0 bridgehead atoms. The van der Waals surface area contributed by atoms with E-state index in [1.54, 1.807) is 25.1 Å². The molecule has 38 heavy (non-hydrogen) atoms. The largest absolute Gasteiger partial charge is 0.497 e. The van der Waals surface area contributed by atoms with Gasteiger partial charge in [0, 0.05) is 56.0 Å². The predicted octanol–water partition coefficient (Wildman–Crippen LogP) is 1.54. The Kier molecular flexibility index (Phi) is 8.28. The average Bonchev–Trinajstić information content (AvgIpc) is 3.42. The normalized spacial score (nSPS) is 19.9. The minimum atomic E-state index is -0.809. The zero-order chi connectivity index (χ0) is 27.2. The van der Waals surface area contributed by atoms with Gasteiger partial charge in [-0.1, -0.05) is 37.0 Å². The van der Waals surface area contributed by atoms with Gasteiger partial charge in [0.2, 0.25) is 0 Å². The first-order valence-corrected chi connectivity index (χ1v) is 12.5. The van der Waals surface area contributed by atoms with Crippen molar-refractivity contribution in [1.29, 1.82) is 5.41 Å². The predicted molar refractivity (Wildman–Crippen MR) is 143 cm³/mol. The molecule has 2 aromatic rings. The van der Waals surface area contributed by atoms with Gasteiger partial charge < -0.3 is 25.2 Å². The van der Waals surface area contributed by atoms with Gasteiger partial charge in [0.1, 0.15) is 11.6 Å². The lowest BCUT2D eigenvalue weighted by atomic mass is 10.1. The molecule has 10 nitrogen and oxygen atoms in total. The second-order valence-corrected chi connectivity index (χ2v) is 9.23. The van der Waals surface area contributed by atoms with Crippen LogP contribution in [0.1, 0.15) is 40.4 Å². The maximum Gasteiger partial charge on any atom is 0.322 e. The van der Waals surface area contributed by atoms with Crippen molar-refractivity contribution in [3.8, 4) is 17.6 Å². The molecule has 4 amide bonds. The van der Waals surface area contributed by atoms with Gasteiger partial charge in [0.05, 0.1) is 7.11 Å². The molecule has 10 heteroatoms. The van der Waals surface area contributed by atoms with Crippen LogP contribution >= 0.6 is 0 Å². The molecule has 5 rings (SSSR count). The number of piperazine rings is 1. The average molecular weight is 517 g/mol. The van der Waals surface area contributed by atoms with Gasteiger partial charge in [-0.05, 0) is 36.2 Å². The molecular formula is C28H32N6O4. The number of urea groups is 1. The van der Waals surface area contributed by atoms with E-state index in [4.69, 9.17) is 10.1 Å². The highest BCUT2D eigenvalue weighted by Crippen LogP contribution is 2.25. The maximum absolute atomic E-state index is 11.5. The first kappa shape index (κ1) is 26.7. The third kappa shape index (κ3) is 5.95. The standard InChI is InChI=1S/C18H21N5O2.C10H11NO2/c1-2-14-11-20-9-10-23(14)16(19)13-6-3-12(4-7-13)5-8-15-17(24)22-18(25)21-15;1-11-6-7-3-4-8(13-2)5-9(7)10(11)12/h3-4,6-7,14-15,19-20H,2,9-11H2,1H3,(H2,21,22,24,25);3-5H,6H2,1-2H3. The molecule has 2 unspecified atom stereocenters. The Morgan fingerprint density at radius 2 is 1.92 bits per heavy atom. The molecule has 2 saturated heterocycles. The molecule has 4 N–H and O–H groups in total. The van der Waals surface area contributed by atoms with Crippen molar-refractivity contribution in [3.63, 3.8) is 0 Å². The van der Waals surface area contributed by atoms with Gasteiger partial charge in [-0.25, -0.2) is 4.79 Å². The molecule has 2 fully saturated rings. The fraction of sp³-hybridized carbons (Fsp3) is 0.357. The van der Waals surface area contributed by atoms with Crippen LogP contribution in [0.25, 0.3) is 0 Å². The van der Waals surface area contributed by atoms with Crippen molar-refractivity contribution < 1.29 is 19.1 Å². The lowest BCUT2D eigenvalue weighted by molar-refractivity contribution is -0.119. The van der Waals surface area contributed by atoms with Crippen molar-refractivity contribution in [1.82, 2.24) is 25.8 Å². The number of nitrogens with one attached hydrogen (secondary N) is 4. The molecule has 2 atom stereocenters. The van der Waals surface area contributed by atoms with Crippen LogP contribution in [0.15, 0.2) is 42.5 Å². The number of amides is 4. The molecule has 0 aromatic heterocycles. The van der Waals surface area contributed by atoms with E-state index in [0.29, 0.717) is 18.4 Å². The third-order valence-corrected chi connectivity index (χ3v) is 6.70. The number of fused-ring (bicyclic) bond motifs is 1. The molecule has 0 radical (unpaired) electrons. The third-order valence-electron chi connectivity index (χ3n) is 6.70. The first-order chi connectivity index (χ1) is 18.3. The summed E-state index contributed by atoms with van der Waals surface area (Å²) in [6.07, 6.45) is 0.994. The number of rotatable bonds is 3. The first-order valence-electron chi connectivity index (χ1n) is 12.5. The fourth-order valence-corrected chi connectivity index (χ4v) is 4.52. The van der Waals surface area contributed by atoms with Crippen LogP contribution in [0, 0.1) is 17.3 Å². The maximum atomic E-state index is 11.5. The number of nitrogens with zero attached hydrogens (tertiary/aromatic N) is 2. The molecule has 2 aromatic carbocycles. The number of methoxy groups -OCH3 is 1. The van der Waals surface area contributed by atoms with E-state index in [2.05, 4.69) is 39.6 Å². The lowest BCUT2D eigenvalue weighted by Gasteiger charge is -2.37. The summed E-state index contributed by atoms with van der Waals surface area (Å²) in [7, 11) is 3.40. The molecule has 0 spiro atoms. The second-order valence-electron chi connectivity index (χ2n) is 9.23. The summed E-state index contributed by atoms with van der Waals surface area (Å²) < 4.78 is 5.05. The molecule has 3 aliphatic heterocycles. The minimum absolute atomic E-state index is 0.0777. The zero-order valence-electron chi connectivity index (χ0n) is 21.8. The number of imide groups is 1. The monoisotopic (exact) mass is 516 g/mol. The Morgan fingerprint density at radius 3 is 2.58 bits per heavy atom. The number of benzene rings is 2. The highest BCUT2D eigenvalue weighted by Gasteiger charge is 2.28. The molecular weight excluding hydrogens is 484 g/mol. The molecule has 3 aliphatic rings. The van der Waals surface area contributed by atoms with Crippen LogP contribution in [-0.4, -0.2) is 79.4 Å². The van der Waals surface area contributed by atoms with Gasteiger partial charge in [-0.3, -0.25) is 20.3 Å². The second kappa shape index (κ2) is 11.8. The summed E-state index contributed by atoms with van der Waals surface area (Å²) in [6.45, 7) is 5.46. The van der Waals surface area contributed by atoms with E-state index in [1.165, 1.54) is 0 Å². The molecule has 198 valence electrons. The van der Waals surface area contributed by atoms with Crippen LogP contribution in [0.3, 0.4) is 0 Å². The number of carbonyl (C=O) groups is 3. The highest BCUT2D eigenvalue weighted by molar-refractivity contribution is 6.06. The van der Waals surface area contributed by atoms with E-state index in [1.807, 2.05) is 36.4 Å². The summed E-state index contributed by atoms with van der Waals surface area (Å²) in [6, 6.07) is 12.0. The summed E-state index contributed by atoms with van der Waals surface area (Å²) in [4.78, 5) is 37.9. The smallest absolute Gasteiger partial charge is 0.322 e. The highest BCUT2D eigenvalue weighted by atomic mass is 16.5. The van der Waals surface area contributed by atoms with Gasteiger partial charge >= 0.3 is 6.03 Å². The zero-order valence-corrected chi connectivity index (χ0v) is 21.8. The number of ether oxygens (including phenoxy) is 1. The fourth-order valence-electron chi connectivity index (χ4n) is 4.52. The van der Waals surface area contributed by atoms with Gasteiger partial charge in [0.25, 0.3) is 11.8 Å². The molecule has 0 aliphatic carbocycles. The summed E-state index contributed by atoms with van der Waals surface area (Å²) >= 11 is 0. The van der Waals surface area contributed by atoms with Crippen LogP contribution < -0.4 is 20.7 Å². The Bertz CT molecular complexity index is 1300. The Balaban J connectivity index is 0.000000216. The van der Waals surface area contributed by atoms with Crippen LogP contribution in [0.5, 0.6) is 5.75 Å². The summed E-state index contributed by atoms with van der Waals surface area (Å²) in [5, 5.41) is 16.4. The van der Waals surface area contributed by atoms with Crippen LogP contribution in [0.2, 0.25) is 0 Å². The van der Waals surface area contributed by atoms with Gasteiger partial charge in [-0.15, -0.1) is 0 Å². The SMILES string of the molecule is CCC1CNCCN1C(=N)c1ccc(C#CC2NC(=O)NC2=O)cc1.COc1ccc2c(c1)C(=O)N(C)C2. The van der Waals surface area contributed by atoms with Crippen molar-refractivity contribution in [3.05, 3.63) is 64.7 Å². The van der Waals surface area contributed by atoms with Crippen molar-refractivity contribution in [2.24, 2.45) is 0 Å². The quantitative estimate of drug-likeness (QED) is 0.212. The Hall–Kier alpha value is -4.36. The number of carbonyl (C=O) groups excluding carboxylic acids is 3. The van der Waals surface area contributed by atoms with E-state index in [0.717, 1.165) is 54.1 Å².